The Balaban J connectivity index is 1.48. The van der Waals surface area contributed by atoms with Crippen molar-refractivity contribution in [2.75, 3.05) is 0 Å². The maximum Gasteiger partial charge on any atom is 0.270 e. The highest BCUT2D eigenvalue weighted by atomic mass is 32.1. The lowest BCUT2D eigenvalue weighted by Crippen LogP contribution is -1.94. The van der Waals surface area contributed by atoms with Gasteiger partial charge in [0, 0.05) is 40.4 Å². The lowest BCUT2D eigenvalue weighted by Gasteiger charge is -2.05. The van der Waals surface area contributed by atoms with Crippen LogP contribution < -0.4 is 0 Å². The van der Waals surface area contributed by atoms with Crippen molar-refractivity contribution in [3.05, 3.63) is 129 Å². The number of fused-ring (bicyclic) bond motifs is 1. The molecule has 8 heteroatoms. The maximum atomic E-state index is 11.2. The van der Waals surface area contributed by atoms with Gasteiger partial charge in [-0.2, -0.15) is 10.4 Å². The predicted octanol–water partition coefficient (Wildman–Crippen LogP) is 7.79. The summed E-state index contributed by atoms with van der Waals surface area (Å²) in [5, 5.41) is 30.8. The van der Waals surface area contributed by atoms with Gasteiger partial charge in [-0.25, -0.2) is 9.67 Å². The molecule has 4 aromatic carbocycles. The fourth-order valence-corrected chi connectivity index (χ4v) is 5.25. The van der Waals surface area contributed by atoms with Gasteiger partial charge in [0.05, 0.1) is 21.9 Å². The third kappa shape index (κ3) is 4.70. The van der Waals surface area contributed by atoms with Crippen molar-refractivity contribution < 1.29 is 4.92 Å². The number of nitro groups is 1. The van der Waals surface area contributed by atoms with Crippen LogP contribution in [0, 0.1) is 21.4 Å². The number of aromatic nitrogens is 3. The average molecular weight is 526 g/mol. The molecule has 0 bridgehead atoms. The Labute approximate surface area is 227 Å². The zero-order valence-corrected chi connectivity index (χ0v) is 21.2. The molecule has 0 saturated carbocycles. The number of non-ortho nitro benzene ring substituents is 1. The molecule has 0 saturated heterocycles. The van der Waals surface area contributed by atoms with Crippen LogP contribution in [0.2, 0.25) is 0 Å². The molecule has 6 aromatic rings. The van der Waals surface area contributed by atoms with E-state index in [1.165, 1.54) is 23.5 Å². The monoisotopic (exact) mass is 525 g/mol. The van der Waals surface area contributed by atoms with E-state index < -0.39 is 4.92 Å². The molecule has 2 aromatic heterocycles. The number of hydrogen-bond donors (Lipinski definition) is 0. The van der Waals surface area contributed by atoms with Gasteiger partial charge in [0.2, 0.25) is 0 Å². The van der Waals surface area contributed by atoms with Gasteiger partial charge in [-0.05, 0) is 29.0 Å². The number of nitrogens with zero attached hydrogens (tertiary/aromatic N) is 5. The van der Waals surface area contributed by atoms with Crippen LogP contribution in [0.4, 0.5) is 5.69 Å². The number of hydrogen-bond acceptors (Lipinski definition) is 6. The molecular formula is C31H19N5O2S. The summed E-state index contributed by atoms with van der Waals surface area (Å²) >= 11 is 1.32. The summed E-state index contributed by atoms with van der Waals surface area (Å²) in [6, 6.07) is 32.7. The molecule has 0 fully saturated rings. The van der Waals surface area contributed by atoms with Crippen molar-refractivity contribution in [3.8, 4) is 34.3 Å². The van der Waals surface area contributed by atoms with E-state index in [1.807, 2.05) is 65.5 Å². The normalized spacial score (nSPS) is 11.4. The van der Waals surface area contributed by atoms with E-state index in [4.69, 9.17) is 5.10 Å². The predicted molar refractivity (Wildman–Crippen MR) is 154 cm³/mol. The van der Waals surface area contributed by atoms with E-state index in [2.05, 4.69) is 29.3 Å². The van der Waals surface area contributed by atoms with Crippen molar-refractivity contribution in [3.63, 3.8) is 0 Å². The molecule has 0 amide bonds. The SMILES string of the molecule is N#C/C(=C\c1cn(-c2ccccc2)nc1-c1cccc2ccccc12)c1nc(-c2cccc([N+](=O)[O-])c2)cs1. The largest absolute Gasteiger partial charge is 0.270 e. The summed E-state index contributed by atoms with van der Waals surface area (Å²) in [5.74, 6) is 0. The Kier molecular flexibility index (Phi) is 6.25. The van der Waals surface area contributed by atoms with Crippen LogP contribution in [0.5, 0.6) is 0 Å². The van der Waals surface area contributed by atoms with Gasteiger partial charge >= 0.3 is 0 Å². The fraction of sp³-hybridized carbons (Fsp3) is 0. The zero-order chi connectivity index (χ0) is 26.8. The summed E-state index contributed by atoms with van der Waals surface area (Å²) in [7, 11) is 0. The standard InChI is InChI=1S/C31H19N5O2S/c32-18-23(31-33-29(20-39-31)22-10-6-13-26(17-22)36(37)38)16-24-19-35(25-11-2-1-3-12-25)34-30(24)28-15-7-9-21-8-4-5-14-27(21)28/h1-17,19-20H/b23-16+. The Morgan fingerprint density at radius 2 is 1.74 bits per heavy atom. The van der Waals surface area contributed by atoms with Gasteiger partial charge in [0.15, 0.2) is 0 Å². The van der Waals surface area contributed by atoms with Crippen molar-refractivity contribution >= 4 is 39.4 Å². The Morgan fingerprint density at radius 1 is 0.974 bits per heavy atom. The number of para-hydroxylation sites is 1. The Morgan fingerprint density at radius 3 is 2.56 bits per heavy atom. The van der Waals surface area contributed by atoms with E-state index >= 15 is 0 Å². The van der Waals surface area contributed by atoms with Crippen LogP contribution in [-0.4, -0.2) is 19.7 Å². The van der Waals surface area contributed by atoms with Crippen LogP contribution in [0.15, 0.2) is 109 Å². The molecular weight excluding hydrogens is 506 g/mol. The molecule has 2 heterocycles. The van der Waals surface area contributed by atoms with Gasteiger partial charge < -0.3 is 0 Å². The van der Waals surface area contributed by atoms with Crippen LogP contribution >= 0.6 is 11.3 Å². The number of nitro benzene ring substituents is 1. The van der Waals surface area contributed by atoms with Crippen LogP contribution in [0.25, 0.3) is 50.6 Å². The number of rotatable bonds is 6. The number of allylic oxidation sites excluding steroid dienone is 1. The third-order valence-electron chi connectivity index (χ3n) is 6.32. The highest BCUT2D eigenvalue weighted by Crippen LogP contribution is 2.34. The van der Waals surface area contributed by atoms with Crippen molar-refractivity contribution in [1.82, 2.24) is 14.8 Å². The molecule has 39 heavy (non-hydrogen) atoms. The second-order valence-electron chi connectivity index (χ2n) is 8.76. The topological polar surface area (TPSA) is 97.6 Å². The molecule has 7 nitrogen and oxygen atoms in total. The van der Waals surface area contributed by atoms with Gasteiger partial charge in [0.1, 0.15) is 16.8 Å². The minimum Gasteiger partial charge on any atom is -0.258 e. The van der Waals surface area contributed by atoms with Gasteiger partial charge in [-0.15, -0.1) is 11.3 Å². The molecule has 0 radical (unpaired) electrons. The van der Waals surface area contributed by atoms with E-state index in [-0.39, 0.29) is 5.69 Å². The third-order valence-corrected chi connectivity index (χ3v) is 7.19. The van der Waals surface area contributed by atoms with Gasteiger partial charge in [0.25, 0.3) is 5.69 Å². The van der Waals surface area contributed by atoms with Crippen LogP contribution in [0.3, 0.4) is 0 Å². The Hall–Kier alpha value is -5.39. The first-order valence-electron chi connectivity index (χ1n) is 12.1. The molecule has 6 rings (SSSR count). The summed E-state index contributed by atoms with van der Waals surface area (Å²) in [5.41, 5.74) is 4.96. The number of thiazole rings is 1. The van der Waals surface area contributed by atoms with Crippen molar-refractivity contribution in [2.45, 2.75) is 0 Å². The minimum atomic E-state index is -0.434. The molecule has 186 valence electrons. The summed E-state index contributed by atoms with van der Waals surface area (Å²) < 4.78 is 1.81. The molecule has 0 aliphatic heterocycles. The van der Waals surface area contributed by atoms with E-state index in [0.29, 0.717) is 21.8 Å². The second-order valence-corrected chi connectivity index (χ2v) is 9.61. The van der Waals surface area contributed by atoms with Gasteiger partial charge in [-0.3, -0.25) is 10.1 Å². The molecule has 0 aliphatic carbocycles. The molecule has 0 N–H and O–H groups in total. The van der Waals surface area contributed by atoms with Crippen LogP contribution in [0.1, 0.15) is 10.6 Å². The average Bonchev–Trinajstić information content (AvgIpc) is 3.64. The summed E-state index contributed by atoms with van der Waals surface area (Å²) in [6.45, 7) is 0. The van der Waals surface area contributed by atoms with Crippen molar-refractivity contribution in [2.24, 2.45) is 0 Å². The molecule has 0 atom stereocenters. The number of benzene rings is 4. The number of nitriles is 1. The lowest BCUT2D eigenvalue weighted by atomic mass is 9.99. The van der Waals surface area contributed by atoms with Gasteiger partial charge in [-0.1, -0.05) is 72.8 Å². The van der Waals surface area contributed by atoms with Crippen LogP contribution in [-0.2, 0) is 0 Å². The van der Waals surface area contributed by atoms with E-state index in [9.17, 15) is 15.4 Å². The Bertz CT molecular complexity index is 1910. The molecule has 0 spiro atoms. The summed E-state index contributed by atoms with van der Waals surface area (Å²) in [6.07, 6.45) is 3.72. The molecule has 0 aliphatic rings. The lowest BCUT2D eigenvalue weighted by molar-refractivity contribution is -0.384. The first-order valence-corrected chi connectivity index (χ1v) is 12.9. The first-order chi connectivity index (χ1) is 19.1. The quantitative estimate of drug-likeness (QED) is 0.126. The van der Waals surface area contributed by atoms with Crippen molar-refractivity contribution in [1.29, 1.82) is 5.26 Å². The highest BCUT2D eigenvalue weighted by Gasteiger charge is 2.17. The summed E-state index contributed by atoms with van der Waals surface area (Å²) in [4.78, 5) is 15.4. The minimum absolute atomic E-state index is 0.00819. The fourth-order valence-electron chi connectivity index (χ4n) is 4.45. The maximum absolute atomic E-state index is 11.2. The molecule has 0 unspecified atom stereocenters. The van der Waals surface area contributed by atoms with E-state index in [1.54, 1.807) is 23.6 Å². The zero-order valence-electron chi connectivity index (χ0n) is 20.4. The van der Waals surface area contributed by atoms with E-state index in [0.717, 1.165) is 33.3 Å². The highest BCUT2D eigenvalue weighted by molar-refractivity contribution is 7.11. The first kappa shape index (κ1) is 24.0. The second kappa shape index (κ2) is 10.2. The smallest absolute Gasteiger partial charge is 0.258 e.